The predicted molar refractivity (Wildman–Crippen MR) is 58.2 cm³/mol. The van der Waals surface area contributed by atoms with E-state index in [0.717, 1.165) is 7.11 Å². The Hall–Kier alpha value is -1.56. The van der Waals surface area contributed by atoms with E-state index < -0.39 is 18.2 Å². The van der Waals surface area contributed by atoms with Gasteiger partial charge in [-0.1, -0.05) is 24.3 Å². The van der Waals surface area contributed by atoms with Gasteiger partial charge in [-0.3, -0.25) is 4.79 Å². The van der Waals surface area contributed by atoms with Crippen molar-refractivity contribution in [3.05, 3.63) is 35.4 Å². The van der Waals surface area contributed by atoms with Crippen LogP contribution in [0.4, 0.5) is 13.2 Å². The van der Waals surface area contributed by atoms with Crippen molar-refractivity contribution in [1.29, 1.82) is 0 Å². The van der Waals surface area contributed by atoms with E-state index in [1.165, 1.54) is 18.2 Å². The minimum absolute atomic E-state index is 0.0205. The maximum atomic E-state index is 12.6. The first-order valence-corrected chi connectivity index (χ1v) is 5.24. The van der Waals surface area contributed by atoms with Gasteiger partial charge in [-0.15, -0.1) is 0 Å². The third-order valence-corrected chi connectivity index (χ3v) is 2.41. The number of carboxylic acids is 1. The Morgan fingerprint density at radius 3 is 2.61 bits per heavy atom. The van der Waals surface area contributed by atoms with Gasteiger partial charge in [-0.2, -0.15) is 13.2 Å². The molecular formula is C12H13F3O3. The summed E-state index contributed by atoms with van der Waals surface area (Å²) in [6.07, 6.45) is -6.40. The molecule has 1 rings (SSSR count). The summed E-state index contributed by atoms with van der Waals surface area (Å²) < 4.78 is 42.3. The van der Waals surface area contributed by atoms with Gasteiger partial charge in [-0.25, -0.2) is 0 Å². The van der Waals surface area contributed by atoms with E-state index in [1.54, 1.807) is 6.07 Å². The van der Waals surface area contributed by atoms with Gasteiger partial charge < -0.3 is 9.84 Å². The number of aryl methyl sites for hydroxylation is 1. The van der Waals surface area contributed by atoms with Gasteiger partial charge in [0.15, 0.2) is 6.10 Å². The van der Waals surface area contributed by atoms with Crippen LogP contribution in [0.1, 0.15) is 23.7 Å². The zero-order chi connectivity index (χ0) is 13.8. The van der Waals surface area contributed by atoms with Crippen LogP contribution >= 0.6 is 0 Å². The van der Waals surface area contributed by atoms with Crippen LogP contribution in [0.15, 0.2) is 24.3 Å². The summed E-state index contributed by atoms with van der Waals surface area (Å²) in [5, 5.41) is 8.52. The molecule has 0 spiro atoms. The van der Waals surface area contributed by atoms with Crippen molar-refractivity contribution in [1.82, 2.24) is 0 Å². The van der Waals surface area contributed by atoms with E-state index >= 15 is 0 Å². The van der Waals surface area contributed by atoms with Crippen LogP contribution in [0.3, 0.4) is 0 Å². The van der Waals surface area contributed by atoms with Gasteiger partial charge in [-0.05, 0) is 17.5 Å². The minimum Gasteiger partial charge on any atom is -0.481 e. The third-order valence-electron chi connectivity index (χ3n) is 2.41. The van der Waals surface area contributed by atoms with Gasteiger partial charge >= 0.3 is 12.1 Å². The third kappa shape index (κ3) is 4.03. The summed E-state index contributed by atoms with van der Waals surface area (Å²) in [4.78, 5) is 10.4. The highest BCUT2D eigenvalue weighted by molar-refractivity contribution is 5.67. The highest BCUT2D eigenvalue weighted by Crippen LogP contribution is 2.35. The molecule has 6 heteroatoms. The van der Waals surface area contributed by atoms with E-state index in [4.69, 9.17) is 5.11 Å². The molecule has 0 saturated carbocycles. The second kappa shape index (κ2) is 5.86. The summed E-state index contributed by atoms with van der Waals surface area (Å²) in [7, 11) is 0.988. The van der Waals surface area contributed by atoms with Gasteiger partial charge in [0, 0.05) is 13.5 Å². The van der Waals surface area contributed by atoms with Crippen LogP contribution in [0.2, 0.25) is 0 Å². The molecule has 3 nitrogen and oxygen atoms in total. The normalized spacial score (nSPS) is 13.3. The lowest BCUT2D eigenvalue weighted by atomic mass is 10.0. The summed E-state index contributed by atoms with van der Waals surface area (Å²) >= 11 is 0. The summed E-state index contributed by atoms with van der Waals surface area (Å²) in [6.45, 7) is 0. The molecule has 100 valence electrons. The van der Waals surface area contributed by atoms with E-state index in [2.05, 4.69) is 4.74 Å². The first-order chi connectivity index (χ1) is 8.34. The maximum absolute atomic E-state index is 12.6. The van der Waals surface area contributed by atoms with Crippen molar-refractivity contribution >= 4 is 5.97 Å². The Balaban J connectivity index is 2.89. The second-order valence-corrected chi connectivity index (χ2v) is 3.80. The monoisotopic (exact) mass is 262 g/mol. The Morgan fingerprint density at radius 2 is 2.11 bits per heavy atom. The van der Waals surface area contributed by atoms with E-state index in [9.17, 15) is 18.0 Å². The van der Waals surface area contributed by atoms with Gasteiger partial charge in [0.05, 0.1) is 0 Å². The molecular weight excluding hydrogens is 249 g/mol. The first kappa shape index (κ1) is 14.5. The number of carboxylic acid groups (broad SMARTS) is 1. The number of aliphatic carboxylic acids is 1. The number of rotatable bonds is 5. The Bertz CT molecular complexity index is 415. The van der Waals surface area contributed by atoms with Crippen LogP contribution in [0, 0.1) is 0 Å². The zero-order valence-corrected chi connectivity index (χ0v) is 9.70. The van der Waals surface area contributed by atoms with Crippen LogP contribution < -0.4 is 0 Å². The zero-order valence-electron chi connectivity index (χ0n) is 9.70. The molecule has 0 aliphatic heterocycles. The van der Waals surface area contributed by atoms with Crippen molar-refractivity contribution in [2.45, 2.75) is 25.1 Å². The molecule has 0 heterocycles. The number of ether oxygens (including phenoxy) is 1. The topological polar surface area (TPSA) is 46.5 Å². The van der Waals surface area contributed by atoms with Crippen molar-refractivity contribution in [2.24, 2.45) is 0 Å². The summed E-state index contributed by atoms with van der Waals surface area (Å²) in [5.41, 5.74) is 0.522. The lowest BCUT2D eigenvalue weighted by Crippen LogP contribution is -2.22. The quantitative estimate of drug-likeness (QED) is 0.887. The molecule has 0 radical (unpaired) electrons. The van der Waals surface area contributed by atoms with Crippen LogP contribution in [0.5, 0.6) is 0 Å². The summed E-state index contributed by atoms with van der Waals surface area (Å²) in [5.74, 6) is -0.987. The number of hydrogen-bond acceptors (Lipinski definition) is 2. The Kier molecular flexibility index (Phi) is 4.72. The molecule has 1 aromatic carbocycles. The van der Waals surface area contributed by atoms with E-state index in [0.29, 0.717) is 5.56 Å². The molecule has 1 unspecified atom stereocenters. The fourth-order valence-corrected chi connectivity index (χ4v) is 1.62. The average Bonchev–Trinajstić information content (AvgIpc) is 2.26. The number of hydrogen-bond donors (Lipinski definition) is 1. The summed E-state index contributed by atoms with van der Waals surface area (Å²) in [6, 6.07) is 5.69. The molecule has 1 atom stereocenters. The fourth-order valence-electron chi connectivity index (χ4n) is 1.62. The lowest BCUT2D eigenvalue weighted by Gasteiger charge is -2.19. The number of halogens is 3. The van der Waals surface area contributed by atoms with Gasteiger partial charge in [0.1, 0.15) is 0 Å². The molecule has 0 aromatic heterocycles. The molecule has 1 aromatic rings. The number of benzene rings is 1. The highest BCUT2D eigenvalue weighted by Gasteiger charge is 2.41. The molecule has 0 fully saturated rings. The first-order valence-electron chi connectivity index (χ1n) is 5.24. The Labute approximate surface area is 102 Å². The smallest absolute Gasteiger partial charge is 0.418 e. The Morgan fingerprint density at radius 1 is 1.44 bits per heavy atom. The van der Waals surface area contributed by atoms with Crippen molar-refractivity contribution in [3.63, 3.8) is 0 Å². The van der Waals surface area contributed by atoms with Crippen molar-refractivity contribution in [3.8, 4) is 0 Å². The van der Waals surface area contributed by atoms with Crippen LogP contribution in [-0.2, 0) is 16.0 Å². The highest BCUT2D eigenvalue weighted by atomic mass is 19.4. The molecule has 0 aliphatic rings. The predicted octanol–water partition coefficient (Wildman–Crippen LogP) is 2.95. The SMILES string of the molecule is COC(c1cccc(CCC(=O)O)c1)C(F)(F)F. The maximum Gasteiger partial charge on any atom is 0.418 e. The molecule has 18 heavy (non-hydrogen) atoms. The molecule has 1 N–H and O–H groups in total. The van der Waals surface area contributed by atoms with Crippen molar-refractivity contribution in [2.75, 3.05) is 7.11 Å². The largest absolute Gasteiger partial charge is 0.481 e. The molecule has 0 aliphatic carbocycles. The number of carbonyl (C=O) groups is 1. The minimum atomic E-state index is -4.49. The molecule has 0 amide bonds. The number of methoxy groups -OCH3 is 1. The standard InChI is InChI=1S/C12H13F3O3/c1-18-11(12(13,14)15)9-4-2-3-8(7-9)5-6-10(16)17/h2-4,7,11H,5-6H2,1H3,(H,16,17). The van der Waals surface area contributed by atoms with Crippen LogP contribution in [0.25, 0.3) is 0 Å². The van der Waals surface area contributed by atoms with Gasteiger partial charge in [0.2, 0.25) is 0 Å². The van der Waals surface area contributed by atoms with E-state index in [-0.39, 0.29) is 18.4 Å². The number of alkyl halides is 3. The molecule has 0 bridgehead atoms. The van der Waals surface area contributed by atoms with E-state index in [1.807, 2.05) is 0 Å². The van der Waals surface area contributed by atoms with Crippen molar-refractivity contribution < 1.29 is 27.8 Å². The van der Waals surface area contributed by atoms with Crippen LogP contribution in [-0.4, -0.2) is 24.4 Å². The van der Waals surface area contributed by atoms with Gasteiger partial charge in [0.25, 0.3) is 0 Å². The average molecular weight is 262 g/mol. The molecule has 0 saturated heterocycles. The second-order valence-electron chi connectivity index (χ2n) is 3.80. The lowest BCUT2D eigenvalue weighted by molar-refractivity contribution is -0.216. The fraction of sp³-hybridized carbons (Fsp3) is 0.417.